The number of benzene rings is 2. The molecule has 0 saturated heterocycles. The number of allylic oxidation sites excluding steroid dienone is 2. The molecule has 2 aromatic carbocycles. The van der Waals surface area contributed by atoms with Gasteiger partial charge in [0.15, 0.2) is 11.4 Å². The predicted molar refractivity (Wildman–Crippen MR) is 122 cm³/mol. The molecule has 166 valence electrons. The lowest BCUT2D eigenvalue weighted by atomic mass is 10.2. The van der Waals surface area contributed by atoms with E-state index in [1.54, 1.807) is 24.4 Å². The van der Waals surface area contributed by atoms with Gasteiger partial charge in [0.05, 0.1) is 28.5 Å². The summed E-state index contributed by atoms with van der Waals surface area (Å²) in [7, 11) is 0. The van der Waals surface area contributed by atoms with Crippen molar-refractivity contribution in [2.24, 2.45) is 15.2 Å². The van der Waals surface area contributed by atoms with Gasteiger partial charge in [0.2, 0.25) is 0 Å². The lowest BCUT2D eigenvalue weighted by Crippen LogP contribution is -2.14. The Bertz CT molecular complexity index is 1350. The Hall–Kier alpha value is -5.42. The molecule has 0 amide bonds. The summed E-state index contributed by atoms with van der Waals surface area (Å²) in [6.45, 7) is 0.230. The van der Waals surface area contributed by atoms with Gasteiger partial charge in [-0.05, 0) is 42.5 Å². The number of hydrogen-bond donors (Lipinski definition) is 2. The molecule has 11 nitrogen and oxygen atoms in total. The highest BCUT2D eigenvalue weighted by atomic mass is 16.6. The number of nitrogens with one attached hydrogen (secondary N) is 1. The average molecular weight is 452 g/mol. The molecule has 0 aliphatic carbocycles. The number of aromatic hydroxyl groups is 1. The fraction of sp³-hybridized carbons (Fsp3) is 0.0435. The van der Waals surface area contributed by atoms with Gasteiger partial charge in [0, 0.05) is 30.1 Å². The molecule has 34 heavy (non-hydrogen) atoms. The van der Waals surface area contributed by atoms with Gasteiger partial charge in [-0.15, -0.1) is 0 Å². The fourth-order valence-corrected chi connectivity index (χ4v) is 2.61. The zero-order valence-electron chi connectivity index (χ0n) is 17.5. The van der Waals surface area contributed by atoms with Crippen LogP contribution < -0.4 is 5.32 Å². The molecule has 0 spiro atoms. The lowest BCUT2D eigenvalue weighted by Gasteiger charge is -2.04. The van der Waals surface area contributed by atoms with Gasteiger partial charge in [-0.25, -0.2) is 4.99 Å². The molecule has 0 aliphatic rings. The van der Waals surface area contributed by atoms with E-state index in [1.807, 2.05) is 12.1 Å². The van der Waals surface area contributed by atoms with Gasteiger partial charge >= 0.3 is 0 Å². The van der Waals surface area contributed by atoms with E-state index in [9.17, 15) is 25.7 Å². The van der Waals surface area contributed by atoms with Gasteiger partial charge in [0.25, 0.3) is 5.69 Å². The molecular weight excluding hydrogens is 436 g/mol. The first-order chi connectivity index (χ1) is 16.5. The van der Waals surface area contributed by atoms with E-state index in [1.165, 1.54) is 48.7 Å². The van der Waals surface area contributed by atoms with E-state index in [4.69, 9.17) is 0 Å². The largest absolute Gasteiger partial charge is 0.507 e. The first kappa shape index (κ1) is 23.2. The van der Waals surface area contributed by atoms with E-state index in [0.29, 0.717) is 17.1 Å². The first-order valence-electron chi connectivity index (χ1n) is 9.71. The van der Waals surface area contributed by atoms with Crippen LogP contribution in [0.15, 0.2) is 93.5 Å². The topological polar surface area (TPSA) is 173 Å². The molecule has 1 heterocycles. The SMILES string of the molecule is N#C/C(N=Cc1cc(N=Nc2ccc([N+](=O)[O-])cc2)ccc1O)=C(/C#N)NCc1ccccn1. The third kappa shape index (κ3) is 6.29. The molecule has 0 radical (unpaired) electrons. The maximum atomic E-state index is 10.7. The second-order valence-corrected chi connectivity index (χ2v) is 6.60. The number of phenols is 1. The van der Waals surface area contributed by atoms with Gasteiger partial charge in [0.1, 0.15) is 17.9 Å². The Morgan fingerprint density at radius 3 is 2.47 bits per heavy atom. The number of rotatable bonds is 8. The van der Waals surface area contributed by atoms with Crippen LogP contribution >= 0.6 is 0 Å². The van der Waals surface area contributed by atoms with Gasteiger partial charge in [-0.3, -0.25) is 15.1 Å². The van der Waals surface area contributed by atoms with Gasteiger partial charge in [-0.1, -0.05) is 6.07 Å². The van der Waals surface area contributed by atoms with Crippen LogP contribution in [-0.2, 0) is 6.54 Å². The highest BCUT2D eigenvalue weighted by Gasteiger charge is 2.07. The van der Waals surface area contributed by atoms with E-state index in [2.05, 4.69) is 25.5 Å². The number of pyridine rings is 1. The number of nitrogens with zero attached hydrogens (tertiary/aromatic N) is 7. The van der Waals surface area contributed by atoms with E-state index in [-0.39, 0.29) is 34.9 Å². The fourth-order valence-electron chi connectivity index (χ4n) is 2.61. The minimum Gasteiger partial charge on any atom is -0.507 e. The molecule has 0 fully saturated rings. The van der Waals surface area contributed by atoms with Crippen LogP contribution in [0.5, 0.6) is 5.75 Å². The maximum absolute atomic E-state index is 10.7. The number of aromatic nitrogens is 1. The number of nitro benzene ring substituents is 1. The standard InChI is InChI=1S/C23H16N8O3/c24-12-21(22(13-25)28-15-19-3-1-2-10-26-19)27-14-16-11-18(6-9-23(16)32)30-29-17-4-7-20(8-5-17)31(33)34/h1-11,14,28,32H,15H2/b22-21+,27-14?,30-29?. The van der Waals surface area contributed by atoms with Crippen molar-refractivity contribution in [3.8, 4) is 17.9 Å². The Balaban J connectivity index is 1.78. The Kier molecular flexibility index (Phi) is 7.71. The zero-order valence-corrected chi connectivity index (χ0v) is 17.5. The minimum atomic E-state index is -0.512. The van der Waals surface area contributed by atoms with Gasteiger partial charge < -0.3 is 10.4 Å². The molecule has 11 heteroatoms. The highest BCUT2D eigenvalue weighted by Crippen LogP contribution is 2.25. The smallest absolute Gasteiger partial charge is 0.269 e. The Labute approximate surface area is 193 Å². The monoisotopic (exact) mass is 452 g/mol. The number of azo groups is 1. The molecule has 1 aromatic heterocycles. The summed E-state index contributed by atoms with van der Waals surface area (Å²) >= 11 is 0. The molecule has 0 aliphatic heterocycles. The number of nitro groups is 1. The van der Waals surface area contributed by atoms with Gasteiger partial charge in [-0.2, -0.15) is 20.8 Å². The molecule has 3 rings (SSSR count). The third-order valence-electron chi connectivity index (χ3n) is 4.31. The number of nitriles is 2. The Morgan fingerprint density at radius 1 is 1.09 bits per heavy atom. The lowest BCUT2D eigenvalue weighted by molar-refractivity contribution is -0.384. The second kappa shape index (κ2) is 11.3. The Morgan fingerprint density at radius 2 is 1.82 bits per heavy atom. The highest BCUT2D eigenvalue weighted by molar-refractivity contribution is 5.85. The number of aliphatic imine (C=N–C) groups is 1. The summed E-state index contributed by atoms with van der Waals surface area (Å²) in [4.78, 5) is 18.4. The van der Waals surface area contributed by atoms with Crippen molar-refractivity contribution < 1.29 is 10.0 Å². The van der Waals surface area contributed by atoms with Crippen molar-refractivity contribution in [1.29, 1.82) is 10.5 Å². The summed E-state index contributed by atoms with van der Waals surface area (Å²) in [5.41, 5.74) is 1.42. The molecule has 3 aromatic rings. The van der Waals surface area contributed by atoms with Crippen LogP contribution in [0, 0.1) is 32.8 Å². The van der Waals surface area contributed by atoms with Crippen LogP contribution in [0.4, 0.5) is 17.1 Å². The van der Waals surface area contributed by atoms with Crippen molar-refractivity contribution >= 4 is 23.3 Å². The molecular formula is C23H16N8O3. The van der Waals surface area contributed by atoms with Crippen LogP contribution in [0.25, 0.3) is 0 Å². The molecule has 0 saturated carbocycles. The number of phenolic OH excluding ortho intramolecular Hbond substituents is 1. The van der Waals surface area contributed by atoms with Crippen LogP contribution in [-0.4, -0.2) is 21.2 Å². The quantitative estimate of drug-likeness (QED) is 0.165. The maximum Gasteiger partial charge on any atom is 0.269 e. The van der Waals surface area contributed by atoms with E-state index >= 15 is 0 Å². The summed E-state index contributed by atoms with van der Waals surface area (Å²) in [5.74, 6) is -0.115. The minimum absolute atomic E-state index is 0.0436. The van der Waals surface area contributed by atoms with Crippen LogP contribution in [0.1, 0.15) is 11.3 Å². The molecule has 2 N–H and O–H groups in total. The molecule has 0 unspecified atom stereocenters. The molecule has 0 atom stereocenters. The number of hydrogen-bond acceptors (Lipinski definition) is 10. The van der Waals surface area contributed by atoms with Crippen molar-refractivity contribution in [2.75, 3.05) is 0 Å². The van der Waals surface area contributed by atoms with E-state index < -0.39 is 4.92 Å². The summed E-state index contributed by atoms with van der Waals surface area (Å²) in [5, 5.41) is 50.6. The van der Waals surface area contributed by atoms with Crippen LogP contribution in [0.2, 0.25) is 0 Å². The zero-order chi connectivity index (χ0) is 24.3. The number of non-ortho nitro benzene ring substituents is 1. The normalized spacial score (nSPS) is 11.6. The van der Waals surface area contributed by atoms with Crippen molar-refractivity contribution in [2.45, 2.75) is 6.54 Å². The average Bonchev–Trinajstić information content (AvgIpc) is 2.87. The summed E-state index contributed by atoms with van der Waals surface area (Å²) in [6.07, 6.45) is 2.85. The van der Waals surface area contributed by atoms with Crippen LogP contribution in [0.3, 0.4) is 0 Å². The molecule has 0 bridgehead atoms. The first-order valence-corrected chi connectivity index (χ1v) is 9.71. The summed E-state index contributed by atoms with van der Waals surface area (Å²) < 4.78 is 0. The van der Waals surface area contributed by atoms with Crippen molar-refractivity contribution in [3.63, 3.8) is 0 Å². The van der Waals surface area contributed by atoms with Crippen molar-refractivity contribution in [3.05, 3.63) is 99.6 Å². The second-order valence-electron chi connectivity index (χ2n) is 6.60. The predicted octanol–water partition coefficient (Wildman–Crippen LogP) is 4.58. The van der Waals surface area contributed by atoms with Crippen molar-refractivity contribution in [1.82, 2.24) is 10.3 Å². The summed E-state index contributed by atoms with van der Waals surface area (Å²) in [6, 6.07) is 19.0. The third-order valence-corrected chi connectivity index (χ3v) is 4.31. The van der Waals surface area contributed by atoms with E-state index in [0.717, 1.165) is 0 Å².